The van der Waals surface area contributed by atoms with Gasteiger partial charge in [-0.25, -0.2) is 0 Å². The SMILES string of the molecule is N=C(N)c1ccc(CC(C(=O)Nc2ccccc2)C(=O)N[C@@H](Cc2ccccc2)C(=O)N[C@@H](CCCN=C(N)N)C(N)=O)cc1. The molecule has 0 aliphatic heterocycles. The van der Waals surface area contributed by atoms with E-state index < -0.39 is 41.6 Å². The molecular weight excluding hydrogens is 574 g/mol. The van der Waals surface area contributed by atoms with Crippen molar-refractivity contribution in [2.24, 2.45) is 33.8 Å². The number of aliphatic imine (C=N–C) groups is 1. The van der Waals surface area contributed by atoms with Crippen LogP contribution in [0.2, 0.25) is 0 Å². The largest absolute Gasteiger partial charge is 0.384 e. The molecule has 0 saturated carbocycles. The number of amides is 4. The van der Waals surface area contributed by atoms with Crippen LogP contribution in [0.5, 0.6) is 0 Å². The third kappa shape index (κ3) is 11.1. The highest BCUT2D eigenvalue weighted by molar-refractivity contribution is 6.07. The Labute approximate surface area is 261 Å². The van der Waals surface area contributed by atoms with Gasteiger partial charge in [-0.05, 0) is 42.5 Å². The van der Waals surface area contributed by atoms with Gasteiger partial charge in [-0.2, -0.15) is 0 Å². The zero-order chi connectivity index (χ0) is 32.8. The molecule has 13 heteroatoms. The molecule has 0 radical (unpaired) electrons. The molecule has 0 aromatic heterocycles. The van der Waals surface area contributed by atoms with Crippen molar-refractivity contribution >= 4 is 41.1 Å². The summed E-state index contributed by atoms with van der Waals surface area (Å²) >= 11 is 0. The number of anilines is 1. The lowest BCUT2D eigenvalue weighted by atomic mass is 9.95. The number of guanidine groups is 1. The number of carbonyl (C=O) groups is 4. The fraction of sp³-hybridized carbons (Fsp3) is 0.250. The van der Waals surface area contributed by atoms with Crippen LogP contribution in [0.4, 0.5) is 5.69 Å². The van der Waals surface area contributed by atoms with Crippen LogP contribution >= 0.6 is 0 Å². The van der Waals surface area contributed by atoms with E-state index in [9.17, 15) is 19.2 Å². The second kappa shape index (κ2) is 16.8. The Bertz CT molecular complexity index is 1490. The number of benzene rings is 3. The number of hydrogen-bond donors (Lipinski definition) is 8. The Balaban J connectivity index is 1.86. The van der Waals surface area contributed by atoms with Gasteiger partial charge in [-0.1, -0.05) is 72.8 Å². The second-order valence-electron chi connectivity index (χ2n) is 10.4. The van der Waals surface area contributed by atoms with Crippen molar-refractivity contribution in [3.05, 3.63) is 102 Å². The molecular formula is C32H39N9O4. The molecule has 3 aromatic rings. The molecule has 0 heterocycles. The molecule has 0 aliphatic rings. The van der Waals surface area contributed by atoms with E-state index in [4.69, 9.17) is 28.3 Å². The molecule has 3 atom stereocenters. The molecule has 3 rings (SSSR count). The molecule has 13 nitrogen and oxygen atoms in total. The molecule has 1 unspecified atom stereocenters. The summed E-state index contributed by atoms with van der Waals surface area (Å²) in [7, 11) is 0. The number of hydrogen-bond acceptors (Lipinski definition) is 6. The average molecular weight is 614 g/mol. The Morgan fingerprint density at radius 2 is 1.27 bits per heavy atom. The number of nitrogens with two attached hydrogens (primary N) is 4. The van der Waals surface area contributed by atoms with E-state index in [-0.39, 0.29) is 37.6 Å². The summed E-state index contributed by atoms with van der Waals surface area (Å²) in [6.45, 7) is 0.234. The maximum atomic E-state index is 13.8. The molecule has 0 fully saturated rings. The number of primary amides is 1. The number of para-hydroxylation sites is 1. The zero-order valence-electron chi connectivity index (χ0n) is 24.7. The van der Waals surface area contributed by atoms with Gasteiger partial charge in [0, 0.05) is 24.2 Å². The summed E-state index contributed by atoms with van der Waals surface area (Å²) in [4.78, 5) is 56.9. The first-order valence-electron chi connectivity index (χ1n) is 14.3. The van der Waals surface area contributed by atoms with Crippen LogP contribution in [-0.4, -0.2) is 54.1 Å². The summed E-state index contributed by atoms with van der Waals surface area (Å²) in [5.41, 5.74) is 24.2. The number of carbonyl (C=O) groups excluding carboxylic acids is 4. The summed E-state index contributed by atoms with van der Waals surface area (Å²) in [5, 5.41) is 15.8. The molecule has 0 bridgehead atoms. The van der Waals surface area contributed by atoms with Gasteiger partial charge in [-0.15, -0.1) is 0 Å². The second-order valence-corrected chi connectivity index (χ2v) is 10.4. The number of nitrogens with one attached hydrogen (secondary N) is 4. The van der Waals surface area contributed by atoms with E-state index in [1.54, 1.807) is 78.9 Å². The molecule has 3 aromatic carbocycles. The van der Waals surface area contributed by atoms with Crippen molar-refractivity contribution < 1.29 is 19.2 Å². The maximum Gasteiger partial charge on any atom is 0.243 e. The smallest absolute Gasteiger partial charge is 0.243 e. The summed E-state index contributed by atoms with van der Waals surface area (Å²) < 4.78 is 0. The van der Waals surface area contributed by atoms with Crippen LogP contribution in [0.3, 0.4) is 0 Å². The van der Waals surface area contributed by atoms with Crippen LogP contribution in [0.15, 0.2) is 89.9 Å². The van der Waals surface area contributed by atoms with E-state index in [0.29, 0.717) is 23.2 Å². The van der Waals surface area contributed by atoms with Crippen LogP contribution < -0.4 is 38.9 Å². The zero-order valence-corrected chi connectivity index (χ0v) is 24.7. The highest BCUT2D eigenvalue weighted by atomic mass is 16.2. The molecule has 0 aliphatic carbocycles. The van der Waals surface area contributed by atoms with Crippen molar-refractivity contribution in [2.45, 2.75) is 37.8 Å². The van der Waals surface area contributed by atoms with Gasteiger partial charge < -0.3 is 38.9 Å². The standard InChI is InChI=1S/C32H39N9O4/c33-27(34)22-15-13-21(14-16-22)18-24(29(43)39-23-10-5-2-6-11-23)30(44)41-26(19-20-8-3-1-4-9-20)31(45)40-25(28(35)42)12-7-17-38-32(36)37/h1-6,8-11,13-16,24-26H,7,12,17-19H2,(H3,33,34)(H2,35,42)(H,39,43)(H,40,45)(H,41,44)(H4,36,37,38)/t24?,25-,26-/m0/s1. The Hall–Kier alpha value is -5.72. The summed E-state index contributed by atoms with van der Waals surface area (Å²) in [5.74, 6) is -4.14. The van der Waals surface area contributed by atoms with Crippen LogP contribution in [0.1, 0.15) is 29.5 Å². The van der Waals surface area contributed by atoms with Gasteiger partial charge >= 0.3 is 0 Å². The highest BCUT2D eigenvalue weighted by Crippen LogP contribution is 2.16. The van der Waals surface area contributed by atoms with E-state index in [2.05, 4.69) is 20.9 Å². The summed E-state index contributed by atoms with van der Waals surface area (Å²) in [6.07, 6.45) is 0.614. The Morgan fingerprint density at radius 1 is 0.689 bits per heavy atom. The van der Waals surface area contributed by atoms with E-state index in [0.717, 1.165) is 5.56 Å². The first kappa shape index (κ1) is 33.8. The van der Waals surface area contributed by atoms with Crippen molar-refractivity contribution in [2.75, 3.05) is 11.9 Å². The van der Waals surface area contributed by atoms with Crippen molar-refractivity contribution in [3.8, 4) is 0 Å². The van der Waals surface area contributed by atoms with Gasteiger partial charge in [0.25, 0.3) is 0 Å². The number of nitrogens with zero attached hydrogens (tertiary/aromatic N) is 1. The number of nitrogen functional groups attached to an aromatic ring is 1. The fourth-order valence-corrected chi connectivity index (χ4v) is 4.50. The highest BCUT2D eigenvalue weighted by Gasteiger charge is 2.32. The van der Waals surface area contributed by atoms with Crippen LogP contribution in [0, 0.1) is 11.3 Å². The van der Waals surface area contributed by atoms with E-state index in [1.165, 1.54) is 0 Å². The monoisotopic (exact) mass is 613 g/mol. The van der Waals surface area contributed by atoms with Gasteiger partial charge in [0.2, 0.25) is 23.6 Å². The van der Waals surface area contributed by atoms with E-state index in [1.807, 2.05) is 6.07 Å². The summed E-state index contributed by atoms with van der Waals surface area (Å²) in [6, 6.07) is 22.1. The average Bonchev–Trinajstić information content (AvgIpc) is 3.01. The third-order valence-corrected chi connectivity index (χ3v) is 6.90. The van der Waals surface area contributed by atoms with Gasteiger partial charge in [0.05, 0.1) is 0 Å². The Morgan fingerprint density at radius 3 is 1.84 bits per heavy atom. The quantitative estimate of drug-likeness (QED) is 0.0492. The van der Waals surface area contributed by atoms with E-state index >= 15 is 0 Å². The van der Waals surface area contributed by atoms with Gasteiger partial charge in [0.15, 0.2) is 5.96 Å². The molecule has 0 saturated heterocycles. The van der Waals surface area contributed by atoms with Gasteiger partial charge in [-0.3, -0.25) is 29.6 Å². The van der Waals surface area contributed by atoms with Crippen molar-refractivity contribution in [1.29, 1.82) is 5.41 Å². The lowest BCUT2D eigenvalue weighted by Gasteiger charge is -2.24. The minimum absolute atomic E-state index is 0.00291. The lowest BCUT2D eigenvalue weighted by Crippen LogP contribution is -2.55. The van der Waals surface area contributed by atoms with Gasteiger partial charge in [0.1, 0.15) is 23.8 Å². The normalized spacial score (nSPS) is 12.5. The number of rotatable bonds is 16. The Kier molecular flexibility index (Phi) is 12.6. The molecule has 4 amide bonds. The van der Waals surface area contributed by atoms with Crippen LogP contribution in [0.25, 0.3) is 0 Å². The minimum atomic E-state index is -1.24. The van der Waals surface area contributed by atoms with Crippen molar-refractivity contribution in [1.82, 2.24) is 10.6 Å². The third-order valence-electron chi connectivity index (χ3n) is 6.90. The molecule has 45 heavy (non-hydrogen) atoms. The van der Waals surface area contributed by atoms with Crippen molar-refractivity contribution in [3.63, 3.8) is 0 Å². The maximum absolute atomic E-state index is 13.8. The topological polar surface area (TPSA) is 245 Å². The molecule has 12 N–H and O–H groups in total. The first-order chi connectivity index (χ1) is 21.5. The fourth-order valence-electron chi connectivity index (χ4n) is 4.50. The first-order valence-corrected chi connectivity index (χ1v) is 14.3. The predicted octanol–water partition coefficient (Wildman–Crippen LogP) is 0.519. The predicted molar refractivity (Wildman–Crippen MR) is 173 cm³/mol. The molecule has 236 valence electrons. The van der Waals surface area contributed by atoms with Crippen LogP contribution in [-0.2, 0) is 32.0 Å². The lowest BCUT2D eigenvalue weighted by molar-refractivity contribution is -0.136. The molecule has 0 spiro atoms. The number of amidine groups is 1. The minimum Gasteiger partial charge on any atom is -0.384 e.